The summed E-state index contributed by atoms with van der Waals surface area (Å²) in [5, 5.41) is 15.0. The van der Waals surface area contributed by atoms with E-state index in [1.807, 2.05) is 43.4 Å². The maximum atomic E-state index is 12.5. The Kier molecular flexibility index (Phi) is 4.66. The molecule has 0 unspecified atom stereocenters. The first-order valence-electron chi connectivity index (χ1n) is 7.44. The van der Waals surface area contributed by atoms with Gasteiger partial charge in [-0.3, -0.25) is 9.48 Å². The lowest BCUT2D eigenvalue weighted by Gasteiger charge is -2.17. The summed E-state index contributed by atoms with van der Waals surface area (Å²) in [6.45, 7) is 0.331. The lowest BCUT2D eigenvalue weighted by molar-refractivity contribution is 0.0887. The lowest BCUT2D eigenvalue weighted by Crippen LogP contribution is -2.32. The van der Waals surface area contributed by atoms with Crippen LogP contribution in [0.25, 0.3) is 5.69 Å². The van der Waals surface area contributed by atoms with Crippen molar-refractivity contribution in [2.24, 2.45) is 7.05 Å². The van der Waals surface area contributed by atoms with Crippen molar-refractivity contribution in [2.45, 2.75) is 6.04 Å². The number of carbonyl (C=O) groups is 1. The molecule has 2 aromatic heterocycles. The fourth-order valence-electron chi connectivity index (χ4n) is 2.40. The minimum atomic E-state index is -0.322. The molecule has 0 spiro atoms. The second kappa shape index (κ2) is 7.05. The number of aryl methyl sites for hydroxylation is 1. The molecule has 24 heavy (non-hydrogen) atoms. The smallest absolute Gasteiger partial charge is 0.274 e. The standard InChI is InChI=1S/C16H18N6O2/c1-21-15(8-9-17-21)14(11-24-2)18-16(23)13-10-22(20-19-13)12-6-4-3-5-7-12/h3-10,14H,11H2,1-2H3,(H,18,23)/t14-/m1/s1. The number of para-hydroxylation sites is 1. The van der Waals surface area contributed by atoms with Gasteiger partial charge in [0.2, 0.25) is 0 Å². The summed E-state index contributed by atoms with van der Waals surface area (Å²) >= 11 is 0. The van der Waals surface area contributed by atoms with Crippen LogP contribution in [-0.4, -0.2) is 44.4 Å². The van der Waals surface area contributed by atoms with Crippen LogP contribution >= 0.6 is 0 Å². The number of carbonyl (C=O) groups excluding carboxylic acids is 1. The van der Waals surface area contributed by atoms with E-state index in [0.29, 0.717) is 6.61 Å². The molecule has 0 bridgehead atoms. The highest BCUT2D eigenvalue weighted by Crippen LogP contribution is 2.13. The second-order valence-corrected chi connectivity index (χ2v) is 5.24. The molecule has 3 aromatic rings. The second-order valence-electron chi connectivity index (χ2n) is 5.24. The maximum Gasteiger partial charge on any atom is 0.274 e. The zero-order valence-electron chi connectivity index (χ0n) is 13.5. The highest BCUT2D eigenvalue weighted by molar-refractivity contribution is 5.92. The normalized spacial score (nSPS) is 12.1. The number of hydrogen-bond donors (Lipinski definition) is 1. The van der Waals surface area contributed by atoms with E-state index >= 15 is 0 Å². The van der Waals surface area contributed by atoms with Crippen LogP contribution in [0.15, 0.2) is 48.8 Å². The Morgan fingerprint density at radius 3 is 2.75 bits per heavy atom. The van der Waals surface area contributed by atoms with E-state index in [0.717, 1.165) is 11.4 Å². The van der Waals surface area contributed by atoms with Crippen molar-refractivity contribution in [2.75, 3.05) is 13.7 Å². The Labute approximate surface area is 139 Å². The van der Waals surface area contributed by atoms with Gasteiger partial charge in [-0.15, -0.1) is 5.10 Å². The van der Waals surface area contributed by atoms with E-state index in [2.05, 4.69) is 20.7 Å². The van der Waals surface area contributed by atoms with Gasteiger partial charge in [-0.25, -0.2) is 4.68 Å². The number of rotatable bonds is 6. The number of aromatic nitrogens is 5. The van der Waals surface area contributed by atoms with Gasteiger partial charge in [0.25, 0.3) is 5.91 Å². The zero-order valence-corrected chi connectivity index (χ0v) is 13.5. The third-order valence-corrected chi connectivity index (χ3v) is 3.60. The van der Waals surface area contributed by atoms with Crippen LogP contribution in [0.2, 0.25) is 0 Å². The highest BCUT2D eigenvalue weighted by atomic mass is 16.5. The first-order valence-corrected chi connectivity index (χ1v) is 7.44. The van der Waals surface area contributed by atoms with Gasteiger partial charge in [-0.2, -0.15) is 5.10 Å². The summed E-state index contributed by atoms with van der Waals surface area (Å²) in [7, 11) is 3.40. The zero-order chi connectivity index (χ0) is 16.9. The fourth-order valence-corrected chi connectivity index (χ4v) is 2.40. The van der Waals surface area contributed by atoms with Gasteiger partial charge in [0.15, 0.2) is 5.69 Å². The summed E-state index contributed by atoms with van der Waals surface area (Å²) in [5.41, 5.74) is 1.92. The SMILES string of the molecule is COC[C@@H](NC(=O)c1cn(-c2ccccc2)nn1)c1ccnn1C. The number of hydrogen-bond acceptors (Lipinski definition) is 5. The molecule has 1 aromatic carbocycles. The van der Waals surface area contributed by atoms with Crippen molar-refractivity contribution in [3.8, 4) is 5.69 Å². The molecule has 1 amide bonds. The van der Waals surface area contributed by atoms with Gasteiger partial charge >= 0.3 is 0 Å². The van der Waals surface area contributed by atoms with E-state index in [1.54, 1.807) is 28.9 Å². The Morgan fingerprint density at radius 2 is 2.08 bits per heavy atom. The molecule has 0 radical (unpaired) electrons. The van der Waals surface area contributed by atoms with Crippen LogP contribution in [0.3, 0.4) is 0 Å². The predicted octanol–water partition coefficient (Wildman–Crippen LogP) is 1.12. The van der Waals surface area contributed by atoms with Gasteiger partial charge in [-0.1, -0.05) is 23.4 Å². The number of amides is 1. The molecular weight excluding hydrogens is 308 g/mol. The minimum Gasteiger partial charge on any atom is -0.382 e. The fraction of sp³-hybridized carbons (Fsp3) is 0.250. The number of nitrogens with zero attached hydrogens (tertiary/aromatic N) is 5. The Hall–Kier alpha value is -3.00. The topological polar surface area (TPSA) is 86.9 Å². The average Bonchev–Trinajstić information content (AvgIpc) is 3.24. The predicted molar refractivity (Wildman–Crippen MR) is 86.7 cm³/mol. The molecule has 124 valence electrons. The van der Waals surface area contributed by atoms with Crippen molar-refractivity contribution in [1.29, 1.82) is 0 Å². The highest BCUT2D eigenvalue weighted by Gasteiger charge is 2.20. The molecule has 0 saturated heterocycles. The quantitative estimate of drug-likeness (QED) is 0.733. The van der Waals surface area contributed by atoms with Crippen molar-refractivity contribution >= 4 is 5.91 Å². The molecule has 0 aliphatic rings. The third-order valence-electron chi connectivity index (χ3n) is 3.60. The van der Waals surface area contributed by atoms with E-state index in [1.165, 1.54) is 0 Å². The summed E-state index contributed by atoms with van der Waals surface area (Å²) in [5.74, 6) is -0.319. The lowest BCUT2D eigenvalue weighted by atomic mass is 10.2. The molecule has 1 N–H and O–H groups in total. The minimum absolute atomic E-state index is 0.238. The van der Waals surface area contributed by atoms with Gasteiger partial charge in [0.05, 0.1) is 30.2 Å². The van der Waals surface area contributed by atoms with Gasteiger partial charge in [-0.05, 0) is 18.2 Å². The first kappa shape index (κ1) is 15.9. The summed E-state index contributed by atoms with van der Waals surface area (Å²) in [6, 6.07) is 11.0. The Morgan fingerprint density at radius 1 is 1.29 bits per heavy atom. The maximum absolute atomic E-state index is 12.5. The van der Waals surface area contributed by atoms with Crippen LogP contribution in [-0.2, 0) is 11.8 Å². The van der Waals surface area contributed by atoms with E-state index in [-0.39, 0.29) is 17.6 Å². The van der Waals surface area contributed by atoms with Crippen molar-refractivity contribution in [3.05, 3.63) is 60.2 Å². The van der Waals surface area contributed by atoms with Crippen molar-refractivity contribution in [3.63, 3.8) is 0 Å². The number of methoxy groups -OCH3 is 1. The van der Waals surface area contributed by atoms with Crippen LogP contribution in [0.1, 0.15) is 22.2 Å². The van der Waals surface area contributed by atoms with Gasteiger partial charge in [0.1, 0.15) is 0 Å². The molecule has 8 heteroatoms. The molecule has 0 saturated carbocycles. The van der Waals surface area contributed by atoms with E-state index in [4.69, 9.17) is 4.74 Å². The van der Waals surface area contributed by atoms with Gasteiger partial charge in [0, 0.05) is 20.4 Å². The van der Waals surface area contributed by atoms with Crippen molar-refractivity contribution < 1.29 is 9.53 Å². The molecular formula is C16H18N6O2. The molecule has 8 nitrogen and oxygen atoms in total. The summed E-state index contributed by atoms with van der Waals surface area (Å²) in [6.07, 6.45) is 3.27. The van der Waals surface area contributed by atoms with Crippen LogP contribution in [0.5, 0.6) is 0 Å². The monoisotopic (exact) mass is 326 g/mol. The average molecular weight is 326 g/mol. The van der Waals surface area contributed by atoms with Crippen LogP contribution in [0.4, 0.5) is 0 Å². The number of benzene rings is 1. The largest absolute Gasteiger partial charge is 0.382 e. The molecule has 0 aliphatic carbocycles. The van der Waals surface area contributed by atoms with E-state index < -0.39 is 0 Å². The number of nitrogens with one attached hydrogen (secondary N) is 1. The Balaban J connectivity index is 1.76. The summed E-state index contributed by atoms with van der Waals surface area (Å²) < 4.78 is 8.46. The molecule has 2 heterocycles. The van der Waals surface area contributed by atoms with Gasteiger partial charge < -0.3 is 10.1 Å². The molecule has 0 fully saturated rings. The molecule has 3 rings (SSSR count). The van der Waals surface area contributed by atoms with E-state index in [9.17, 15) is 4.79 Å². The first-order chi connectivity index (χ1) is 11.7. The van der Waals surface area contributed by atoms with Crippen LogP contribution in [0, 0.1) is 0 Å². The molecule has 0 aliphatic heterocycles. The van der Waals surface area contributed by atoms with Crippen molar-refractivity contribution in [1.82, 2.24) is 30.1 Å². The number of ether oxygens (including phenoxy) is 1. The molecule has 1 atom stereocenters. The Bertz CT molecular complexity index is 811. The third kappa shape index (κ3) is 3.33. The van der Waals surface area contributed by atoms with Crippen LogP contribution < -0.4 is 5.32 Å². The summed E-state index contributed by atoms with van der Waals surface area (Å²) in [4.78, 5) is 12.5.